The van der Waals surface area contributed by atoms with Crippen LogP contribution in [0.15, 0.2) is 77.2 Å². The van der Waals surface area contributed by atoms with E-state index in [1.807, 2.05) is 42.5 Å². The van der Waals surface area contributed by atoms with Gasteiger partial charge in [0, 0.05) is 24.1 Å². The van der Waals surface area contributed by atoms with Gasteiger partial charge in [-0.3, -0.25) is 23.7 Å². The van der Waals surface area contributed by atoms with E-state index in [0.29, 0.717) is 30.2 Å². The number of para-hydroxylation sites is 1. The predicted octanol–water partition coefficient (Wildman–Crippen LogP) is 3.15. The van der Waals surface area contributed by atoms with Gasteiger partial charge in [0.1, 0.15) is 23.7 Å². The number of benzene rings is 3. The zero-order valence-electron chi connectivity index (χ0n) is 24.8. The molecular weight excluding hydrogens is 631 g/mol. The molecule has 1 saturated heterocycles. The van der Waals surface area contributed by atoms with Crippen LogP contribution < -0.4 is 16.4 Å². The minimum absolute atomic E-state index is 0.0371. The molecule has 6 N–H and O–H groups in total. The number of furan rings is 1. The van der Waals surface area contributed by atoms with Crippen LogP contribution in [0.3, 0.4) is 0 Å². The van der Waals surface area contributed by atoms with Gasteiger partial charge < -0.3 is 35.5 Å². The summed E-state index contributed by atoms with van der Waals surface area (Å²) in [7, 11) is -4.39. The number of piperidine rings is 1. The largest absolute Gasteiger partial charge is 0.451 e. The van der Waals surface area contributed by atoms with Crippen LogP contribution >= 0.6 is 19.4 Å². The van der Waals surface area contributed by atoms with Crippen LogP contribution in [0.4, 0.5) is 0 Å². The number of nitrogens with two attached hydrogens (primary N) is 1. The molecule has 1 aliphatic heterocycles. The van der Waals surface area contributed by atoms with Gasteiger partial charge in [-0.05, 0) is 47.7 Å². The Hall–Kier alpha value is -4.16. The van der Waals surface area contributed by atoms with Gasteiger partial charge in [0.2, 0.25) is 17.7 Å². The SMILES string of the molecule is NC(=O)C(Cc1ccc2ccccc2c1)NC(=O)C1CCCCN1C(=O)C(CSCP(=O)(O)O)NC(=O)c1cc2ccccc2o1. The molecule has 0 bridgehead atoms. The number of fused-ring (bicyclic) bond motifs is 2. The molecule has 1 fully saturated rings. The van der Waals surface area contributed by atoms with Crippen LogP contribution in [0.1, 0.15) is 35.4 Å². The molecule has 242 valence electrons. The third-order valence-electron chi connectivity index (χ3n) is 7.80. The molecule has 0 spiro atoms. The van der Waals surface area contributed by atoms with E-state index in [-0.39, 0.29) is 24.5 Å². The summed E-state index contributed by atoms with van der Waals surface area (Å²) in [6.07, 6.45) is 1.73. The van der Waals surface area contributed by atoms with Crippen LogP contribution in [0.5, 0.6) is 0 Å². The number of carbonyl (C=O) groups is 4. The second-order valence-electron chi connectivity index (χ2n) is 11.2. The Kier molecular flexibility index (Phi) is 10.5. The maximum absolute atomic E-state index is 13.9. The van der Waals surface area contributed by atoms with E-state index >= 15 is 0 Å². The van der Waals surface area contributed by atoms with Gasteiger partial charge in [-0.25, -0.2) is 0 Å². The molecule has 46 heavy (non-hydrogen) atoms. The summed E-state index contributed by atoms with van der Waals surface area (Å²) in [6, 6.07) is 18.8. The van der Waals surface area contributed by atoms with Gasteiger partial charge in [-0.1, -0.05) is 60.7 Å². The first-order valence-corrected chi connectivity index (χ1v) is 17.7. The summed E-state index contributed by atoms with van der Waals surface area (Å²) in [5, 5.41) is 8.07. The van der Waals surface area contributed by atoms with E-state index in [2.05, 4.69) is 10.6 Å². The van der Waals surface area contributed by atoms with Crippen LogP contribution in [0.2, 0.25) is 0 Å². The summed E-state index contributed by atoms with van der Waals surface area (Å²) in [5.74, 6) is -2.75. The Bertz CT molecular complexity index is 1770. The quantitative estimate of drug-likeness (QED) is 0.141. The van der Waals surface area contributed by atoms with Crippen molar-refractivity contribution in [3.63, 3.8) is 0 Å². The highest BCUT2D eigenvalue weighted by Crippen LogP contribution is 2.39. The van der Waals surface area contributed by atoms with Crippen molar-refractivity contribution in [3.8, 4) is 0 Å². The lowest BCUT2D eigenvalue weighted by Gasteiger charge is -2.37. The van der Waals surface area contributed by atoms with Crippen LogP contribution in [0.25, 0.3) is 21.7 Å². The van der Waals surface area contributed by atoms with Crippen molar-refractivity contribution < 1.29 is 37.9 Å². The van der Waals surface area contributed by atoms with Crippen molar-refractivity contribution in [2.75, 3.05) is 17.8 Å². The molecule has 4 aromatic rings. The number of primary amides is 1. The smallest absolute Gasteiger partial charge is 0.335 e. The van der Waals surface area contributed by atoms with E-state index in [4.69, 9.17) is 10.2 Å². The Labute approximate surface area is 269 Å². The molecule has 4 amide bonds. The first-order valence-electron chi connectivity index (χ1n) is 14.8. The Morgan fingerprint density at radius 2 is 1.65 bits per heavy atom. The summed E-state index contributed by atoms with van der Waals surface area (Å²) < 4.78 is 17.1. The van der Waals surface area contributed by atoms with Crippen molar-refractivity contribution in [2.45, 2.75) is 43.8 Å². The Balaban J connectivity index is 1.32. The van der Waals surface area contributed by atoms with E-state index in [0.717, 1.165) is 28.1 Å². The minimum atomic E-state index is -4.39. The third-order valence-corrected chi connectivity index (χ3v) is 10.4. The number of nitrogens with zero attached hydrogens (tertiary/aromatic N) is 1. The molecule has 0 saturated carbocycles. The van der Waals surface area contributed by atoms with E-state index in [9.17, 15) is 33.5 Å². The van der Waals surface area contributed by atoms with E-state index < -0.39 is 54.8 Å². The van der Waals surface area contributed by atoms with Crippen LogP contribution in [0, 0.1) is 0 Å². The molecule has 3 unspecified atom stereocenters. The molecule has 1 aromatic heterocycles. The lowest BCUT2D eigenvalue weighted by atomic mass is 9.98. The molecule has 1 aliphatic rings. The maximum Gasteiger partial charge on any atom is 0.335 e. The molecule has 3 aromatic carbocycles. The predicted molar refractivity (Wildman–Crippen MR) is 175 cm³/mol. The van der Waals surface area contributed by atoms with E-state index in [1.165, 1.54) is 11.0 Å². The lowest BCUT2D eigenvalue weighted by Crippen LogP contribution is -2.60. The number of thioether (sulfide) groups is 1. The molecule has 3 atom stereocenters. The zero-order valence-corrected chi connectivity index (χ0v) is 26.5. The van der Waals surface area contributed by atoms with Crippen molar-refractivity contribution in [3.05, 3.63) is 84.1 Å². The minimum Gasteiger partial charge on any atom is -0.451 e. The zero-order chi connectivity index (χ0) is 32.8. The number of amides is 4. The van der Waals surface area contributed by atoms with Crippen molar-refractivity contribution in [1.82, 2.24) is 15.5 Å². The van der Waals surface area contributed by atoms with Gasteiger partial charge >= 0.3 is 7.60 Å². The molecule has 5 rings (SSSR count). The van der Waals surface area contributed by atoms with Gasteiger partial charge in [0.25, 0.3) is 5.91 Å². The van der Waals surface area contributed by atoms with E-state index in [1.54, 1.807) is 24.3 Å². The fourth-order valence-electron chi connectivity index (χ4n) is 5.55. The first-order chi connectivity index (χ1) is 22.0. The lowest BCUT2D eigenvalue weighted by molar-refractivity contribution is -0.144. The van der Waals surface area contributed by atoms with Crippen molar-refractivity contribution >= 4 is 64.7 Å². The Morgan fingerprint density at radius 1 is 0.935 bits per heavy atom. The van der Waals surface area contributed by atoms with Gasteiger partial charge in [-0.15, -0.1) is 11.8 Å². The third kappa shape index (κ3) is 8.35. The summed E-state index contributed by atoms with van der Waals surface area (Å²) in [5.41, 5.74) is 6.41. The van der Waals surface area contributed by atoms with Gasteiger partial charge in [0.05, 0.1) is 5.49 Å². The number of nitrogens with one attached hydrogen (secondary N) is 2. The van der Waals surface area contributed by atoms with Crippen molar-refractivity contribution in [2.24, 2.45) is 5.73 Å². The van der Waals surface area contributed by atoms with Crippen LogP contribution in [-0.4, -0.2) is 74.2 Å². The highest BCUT2D eigenvalue weighted by atomic mass is 32.2. The fraction of sp³-hybridized carbons (Fsp3) is 0.312. The molecule has 2 heterocycles. The monoisotopic (exact) mass is 666 g/mol. The summed E-state index contributed by atoms with van der Waals surface area (Å²) >= 11 is 0.811. The maximum atomic E-state index is 13.9. The molecular formula is C32H35N4O8PS. The van der Waals surface area contributed by atoms with Gasteiger partial charge in [0.15, 0.2) is 5.76 Å². The molecule has 12 nitrogen and oxygen atoms in total. The van der Waals surface area contributed by atoms with Gasteiger partial charge in [-0.2, -0.15) is 0 Å². The summed E-state index contributed by atoms with van der Waals surface area (Å²) in [6.45, 7) is 0.211. The second kappa shape index (κ2) is 14.5. The number of carbonyl (C=O) groups excluding carboxylic acids is 4. The second-order valence-corrected chi connectivity index (χ2v) is 14.3. The number of hydrogen-bond donors (Lipinski definition) is 5. The highest BCUT2D eigenvalue weighted by Gasteiger charge is 2.38. The highest BCUT2D eigenvalue weighted by molar-refractivity contribution is 8.04. The topological polar surface area (TPSA) is 192 Å². The molecule has 0 aliphatic carbocycles. The number of rotatable bonds is 12. The van der Waals surface area contributed by atoms with Crippen LogP contribution in [-0.2, 0) is 25.4 Å². The standard InChI is InChI=1S/C32H35N4O8PS/c33-29(37)24(16-20-12-13-21-7-1-2-8-22(21)15-20)34-30(38)26-10-5-6-14-36(26)32(40)25(18-46-19-45(41,42)43)35-31(39)28-17-23-9-3-4-11-27(23)44-28/h1-4,7-9,11-13,15,17,24-26H,5-6,10,14,16,18-19H2,(H2,33,37)(H,34,38)(H,35,39)(H2,41,42,43). The molecule has 14 heteroatoms. The average Bonchev–Trinajstić information content (AvgIpc) is 3.48. The number of likely N-dealkylation sites (tertiary alicyclic amines) is 1. The average molecular weight is 667 g/mol. The Morgan fingerprint density at radius 3 is 2.37 bits per heavy atom. The summed E-state index contributed by atoms with van der Waals surface area (Å²) in [4.78, 5) is 73.3. The first kappa shape index (κ1) is 33.2. The van der Waals surface area contributed by atoms with Crippen molar-refractivity contribution in [1.29, 1.82) is 0 Å². The fourth-order valence-corrected chi connectivity index (χ4v) is 7.38. The normalized spacial score (nSPS) is 16.6. The molecule has 0 radical (unpaired) electrons. The number of hydrogen-bond acceptors (Lipinski definition) is 7.